The van der Waals surface area contributed by atoms with Crippen LogP contribution in [0.15, 0.2) is 53.4 Å². The summed E-state index contributed by atoms with van der Waals surface area (Å²) >= 11 is 0. The van der Waals surface area contributed by atoms with E-state index < -0.39 is 21.8 Å². The minimum atomic E-state index is -4.43. The van der Waals surface area contributed by atoms with Crippen molar-refractivity contribution in [3.63, 3.8) is 0 Å². The van der Waals surface area contributed by atoms with E-state index in [1.165, 1.54) is 16.4 Å². The predicted molar refractivity (Wildman–Crippen MR) is 116 cm³/mol. The highest BCUT2D eigenvalue weighted by molar-refractivity contribution is 7.89. The Labute approximate surface area is 190 Å². The molecule has 0 N–H and O–H groups in total. The van der Waals surface area contributed by atoms with E-state index in [1.54, 1.807) is 28.9 Å². The SMILES string of the molecule is Cc1ccc(S(=O)(=O)N2Cc3c(-c4ccc(C(F)(F)F)cc4)nnn3[C@H]3CCCC[C@@H]32)cc1. The van der Waals surface area contributed by atoms with Gasteiger partial charge < -0.3 is 0 Å². The normalized spacial score (nSPS) is 21.5. The van der Waals surface area contributed by atoms with Gasteiger partial charge in [-0.25, -0.2) is 13.1 Å². The van der Waals surface area contributed by atoms with Crippen molar-refractivity contribution in [2.45, 2.75) is 62.3 Å². The Morgan fingerprint density at radius 1 is 0.939 bits per heavy atom. The van der Waals surface area contributed by atoms with Gasteiger partial charge in [-0.15, -0.1) is 5.10 Å². The van der Waals surface area contributed by atoms with E-state index in [-0.39, 0.29) is 23.5 Å². The maximum atomic E-state index is 13.6. The number of aromatic nitrogens is 3. The third kappa shape index (κ3) is 3.85. The number of alkyl halides is 3. The van der Waals surface area contributed by atoms with Crippen molar-refractivity contribution in [1.82, 2.24) is 19.3 Å². The molecule has 2 heterocycles. The molecule has 1 aromatic heterocycles. The summed E-state index contributed by atoms with van der Waals surface area (Å²) in [7, 11) is -3.78. The lowest BCUT2D eigenvalue weighted by Crippen LogP contribution is -2.50. The molecule has 0 unspecified atom stereocenters. The molecule has 1 aliphatic heterocycles. The summed E-state index contributed by atoms with van der Waals surface area (Å²) in [5.74, 6) is 0. The molecule has 0 amide bonds. The van der Waals surface area contributed by atoms with Gasteiger partial charge in [0.1, 0.15) is 5.69 Å². The van der Waals surface area contributed by atoms with E-state index in [2.05, 4.69) is 10.3 Å². The van der Waals surface area contributed by atoms with Crippen molar-refractivity contribution in [2.75, 3.05) is 0 Å². The fourth-order valence-electron chi connectivity index (χ4n) is 4.85. The highest BCUT2D eigenvalue weighted by Crippen LogP contribution is 2.42. The molecule has 3 aromatic rings. The van der Waals surface area contributed by atoms with Crippen LogP contribution in [0.2, 0.25) is 0 Å². The molecule has 0 spiro atoms. The number of nitrogens with zero attached hydrogens (tertiary/aromatic N) is 4. The molecule has 0 bridgehead atoms. The van der Waals surface area contributed by atoms with Crippen LogP contribution in [0.1, 0.15) is 48.5 Å². The maximum Gasteiger partial charge on any atom is 0.416 e. The van der Waals surface area contributed by atoms with Gasteiger partial charge >= 0.3 is 6.18 Å². The van der Waals surface area contributed by atoms with Crippen LogP contribution in [0.4, 0.5) is 13.2 Å². The molecule has 2 aliphatic rings. The van der Waals surface area contributed by atoms with Crippen molar-refractivity contribution >= 4 is 10.0 Å². The second-order valence-electron chi connectivity index (χ2n) is 8.69. The third-order valence-corrected chi connectivity index (χ3v) is 8.47. The van der Waals surface area contributed by atoms with E-state index in [0.29, 0.717) is 17.0 Å². The van der Waals surface area contributed by atoms with E-state index in [4.69, 9.17) is 0 Å². The highest BCUT2D eigenvalue weighted by atomic mass is 32.2. The Kier molecular flexibility index (Phi) is 5.32. The van der Waals surface area contributed by atoms with Crippen LogP contribution in [0.3, 0.4) is 0 Å². The number of fused-ring (bicyclic) bond motifs is 3. The van der Waals surface area contributed by atoms with Crippen molar-refractivity contribution in [2.24, 2.45) is 0 Å². The molecular formula is C23H23F3N4O2S. The zero-order chi connectivity index (χ0) is 23.4. The lowest BCUT2D eigenvalue weighted by Gasteiger charge is -2.43. The van der Waals surface area contributed by atoms with Crippen molar-refractivity contribution in [3.05, 3.63) is 65.4 Å². The topological polar surface area (TPSA) is 68.1 Å². The molecule has 10 heteroatoms. The summed E-state index contributed by atoms with van der Waals surface area (Å²) in [6.07, 6.45) is -1.05. The minimum absolute atomic E-state index is 0.0702. The second-order valence-corrected chi connectivity index (χ2v) is 10.6. The van der Waals surface area contributed by atoms with Crippen LogP contribution >= 0.6 is 0 Å². The summed E-state index contributed by atoms with van der Waals surface area (Å²) < 4.78 is 69.6. The number of halogens is 3. The number of rotatable bonds is 3. The molecule has 2 aromatic carbocycles. The largest absolute Gasteiger partial charge is 0.416 e. The van der Waals surface area contributed by atoms with Gasteiger partial charge in [0.15, 0.2) is 0 Å². The van der Waals surface area contributed by atoms with Gasteiger partial charge in [0, 0.05) is 11.6 Å². The molecule has 0 saturated heterocycles. The number of aryl methyl sites for hydroxylation is 1. The fourth-order valence-corrected chi connectivity index (χ4v) is 6.50. The van der Waals surface area contributed by atoms with E-state index in [0.717, 1.165) is 43.4 Å². The summed E-state index contributed by atoms with van der Waals surface area (Å²) in [4.78, 5) is 0.231. The van der Waals surface area contributed by atoms with E-state index in [9.17, 15) is 21.6 Å². The van der Waals surface area contributed by atoms with Crippen LogP contribution in [0, 0.1) is 6.92 Å². The minimum Gasteiger partial charge on any atom is -0.243 e. The fraction of sp³-hybridized carbons (Fsp3) is 0.391. The summed E-state index contributed by atoms with van der Waals surface area (Å²) in [6.45, 7) is 1.97. The van der Waals surface area contributed by atoms with Crippen LogP contribution in [0.5, 0.6) is 0 Å². The molecule has 33 heavy (non-hydrogen) atoms. The molecule has 1 fully saturated rings. The number of benzene rings is 2. The lowest BCUT2D eigenvalue weighted by molar-refractivity contribution is -0.137. The average Bonchev–Trinajstić information content (AvgIpc) is 3.23. The van der Waals surface area contributed by atoms with Crippen molar-refractivity contribution in [1.29, 1.82) is 0 Å². The van der Waals surface area contributed by atoms with Crippen molar-refractivity contribution < 1.29 is 21.6 Å². The maximum absolute atomic E-state index is 13.6. The van der Waals surface area contributed by atoms with Gasteiger partial charge in [0.05, 0.1) is 28.7 Å². The Morgan fingerprint density at radius 2 is 1.58 bits per heavy atom. The second kappa shape index (κ2) is 7.95. The predicted octanol–water partition coefficient (Wildman–Crippen LogP) is 4.96. The average molecular weight is 477 g/mol. The Bertz CT molecular complexity index is 1270. The monoisotopic (exact) mass is 476 g/mol. The summed E-state index contributed by atoms with van der Waals surface area (Å²) in [5, 5.41) is 8.57. The number of sulfonamides is 1. The third-order valence-electron chi connectivity index (χ3n) is 6.59. The molecule has 6 nitrogen and oxygen atoms in total. The van der Waals surface area contributed by atoms with Crippen molar-refractivity contribution in [3.8, 4) is 11.3 Å². The van der Waals surface area contributed by atoms with Crippen LogP contribution in [-0.2, 0) is 22.7 Å². The standard InChI is InChI=1S/C23H23F3N4O2S/c1-15-6-12-18(13-7-15)33(31,32)29-14-21-22(16-8-10-17(11-9-16)23(24,25)26)27-28-30(21)20-5-3-2-4-19(20)29/h6-13,19-20H,2-5,14H2,1H3/t19-,20-/m0/s1. The van der Waals surface area contributed by atoms with Gasteiger partial charge in [0.2, 0.25) is 10.0 Å². The molecule has 0 radical (unpaired) electrons. The van der Waals surface area contributed by atoms with Crippen LogP contribution in [0.25, 0.3) is 11.3 Å². The van der Waals surface area contributed by atoms with Gasteiger partial charge in [-0.3, -0.25) is 0 Å². The van der Waals surface area contributed by atoms with Gasteiger partial charge in [-0.2, -0.15) is 17.5 Å². The first-order valence-electron chi connectivity index (χ1n) is 10.9. The molecule has 1 aliphatic carbocycles. The number of hydrogen-bond donors (Lipinski definition) is 0. The number of hydrogen-bond acceptors (Lipinski definition) is 4. The highest BCUT2D eigenvalue weighted by Gasteiger charge is 2.44. The zero-order valence-electron chi connectivity index (χ0n) is 18.0. The first-order valence-corrected chi connectivity index (χ1v) is 12.3. The van der Waals surface area contributed by atoms with Crippen LogP contribution < -0.4 is 0 Å². The Hall–Kier alpha value is -2.72. The van der Waals surface area contributed by atoms with Gasteiger partial charge in [0.25, 0.3) is 0 Å². The molecule has 5 rings (SSSR count). The molecular weight excluding hydrogens is 453 g/mol. The smallest absolute Gasteiger partial charge is 0.243 e. The summed E-state index contributed by atoms with van der Waals surface area (Å²) in [5.41, 5.74) is 1.72. The van der Waals surface area contributed by atoms with Gasteiger partial charge in [-0.1, -0.05) is 47.9 Å². The summed E-state index contributed by atoms with van der Waals surface area (Å²) in [6, 6.07) is 11.1. The molecule has 174 valence electrons. The molecule has 2 atom stereocenters. The van der Waals surface area contributed by atoms with E-state index in [1.807, 2.05) is 6.92 Å². The lowest BCUT2D eigenvalue weighted by atomic mass is 9.88. The first-order chi connectivity index (χ1) is 15.7. The first kappa shape index (κ1) is 22.1. The van der Waals surface area contributed by atoms with E-state index >= 15 is 0 Å². The zero-order valence-corrected chi connectivity index (χ0v) is 18.8. The van der Waals surface area contributed by atoms with Gasteiger partial charge in [-0.05, 0) is 44.0 Å². The van der Waals surface area contributed by atoms with Crippen LogP contribution in [-0.4, -0.2) is 33.8 Å². The Balaban J connectivity index is 1.57. The molecule has 1 saturated carbocycles. The quantitative estimate of drug-likeness (QED) is 0.536. The Morgan fingerprint density at radius 3 is 2.21 bits per heavy atom.